The van der Waals surface area contributed by atoms with E-state index in [1.807, 2.05) is 0 Å². The Morgan fingerprint density at radius 2 is 2.36 bits per heavy atom. The van der Waals surface area contributed by atoms with E-state index in [0.717, 1.165) is 0 Å². The smallest absolute Gasteiger partial charge is 0.311 e. The topological polar surface area (TPSA) is 35.5 Å². The van der Waals surface area contributed by atoms with Crippen molar-refractivity contribution in [3.05, 3.63) is 35.6 Å². The summed E-state index contributed by atoms with van der Waals surface area (Å²) in [5.41, 5.74) is 0.714. The second-order valence-corrected chi connectivity index (χ2v) is 4.07. The van der Waals surface area contributed by atoms with E-state index < -0.39 is 8.25 Å². The number of halogens is 1. The summed E-state index contributed by atoms with van der Waals surface area (Å²) in [5.74, 6) is -0.308. The van der Waals surface area contributed by atoms with Crippen molar-refractivity contribution in [1.29, 1.82) is 0 Å². The van der Waals surface area contributed by atoms with Crippen LogP contribution in [0.25, 0.3) is 0 Å². The van der Waals surface area contributed by atoms with Crippen molar-refractivity contribution in [3.63, 3.8) is 0 Å². The molecule has 0 spiro atoms. The first kappa shape index (κ1) is 9.84. The number of hydrogen-bond donors (Lipinski definition) is 0. The molecule has 14 heavy (non-hydrogen) atoms. The molecule has 0 saturated carbocycles. The Hall–Kier alpha value is -0.700. The summed E-state index contributed by atoms with van der Waals surface area (Å²) in [6.45, 7) is 0.402. The highest BCUT2D eigenvalue weighted by Gasteiger charge is 2.20. The maximum absolute atomic E-state index is 12.9. The van der Waals surface area contributed by atoms with Gasteiger partial charge in [0.1, 0.15) is 5.82 Å². The largest absolute Gasteiger partial charge is 0.319 e. The van der Waals surface area contributed by atoms with Gasteiger partial charge in [-0.05, 0) is 17.7 Å². The lowest BCUT2D eigenvalue weighted by Gasteiger charge is -2.22. The lowest BCUT2D eigenvalue weighted by atomic mass is 10.1. The quantitative estimate of drug-likeness (QED) is 0.677. The molecule has 2 atom stereocenters. The SMILES string of the molecule is O=[PH]1OCC[C@@H](c2cccc(F)c2)O1. The van der Waals surface area contributed by atoms with Crippen LogP contribution in [-0.2, 0) is 13.6 Å². The van der Waals surface area contributed by atoms with E-state index in [-0.39, 0.29) is 11.9 Å². The molecule has 3 nitrogen and oxygen atoms in total. The zero-order valence-electron chi connectivity index (χ0n) is 7.40. The van der Waals surface area contributed by atoms with Gasteiger partial charge >= 0.3 is 8.25 Å². The van der Waals surface area contributed by atoms with Gasteiger partial charge in [-0.3, -0.25) is 4.57 Å². The molecule has 1 saturated heterocycles. The second-order valence-electron chi connectivity index (χ2n) is 3.05. The molecule has 1 heterocycles. The molecule has 5 heteroatoms. The van der Waals surface area contributed by atoms with Gasteiger partial charge in [0.05, 0.1) is 12.7 Å². The van der Waals surface area contributed by atoms with E-state index in [9.17, 15) is 8.96 Å². The van der Waals surface area contributed by atoms with Crippen LogP contribution in [0.15, 0.2) is 24.3 Å². The van der Waals surface area contributed by atoms with Gasteiger partial charge in [-0.2, -0.15) is 0 Å². The summed E-state index contributed by atoms with van der Waals surface area (Å²) in [6.07, 6.45) is 0.311. The summed E-state index contributed by atoms with van der Waals surface area (Å²) in [7, 11) is -2.37. The average Bonchev–Trinajstić information content (AvgIpc) is 2.18. The number of hydrogen-bond acceptors (Lipinski definition) is 3. The molecule has 0 bridgehead atoms. The average molecular weight is 216 g/mol. The molecule has 76 valence electrons. The summed E-state index contributed by atoms with van der Waals surface area (Å²) in [4.78, 5) is 0. The van der Waals surface area contributed by atoms with Gasteiger partial charge in [-0.1, -0.05) is 12.1 Å². The minimum Gasteiger partial charge on any atom is -0.311 e. The molecule has 1 fully saturated rings. The highest BCUT2D eigenvalue weighted by Crippen LogP contribution is 2.39. The van der Waals surface area contributed by atoms with Crippen LogP contribution < -0.4 is 0 Å². The molecule has 1 aliphatic heterocycles. The first-order valence-electron chi connectivity index (χ1n) is 4.34. The number of benzene rings is 1. The van der Waals surface area contributed by atoms with E-state index >= 15 is 0 Å². The maximum Gasteiger partial charge on any atom is 0.319 e. The molecule has 2 rings (SSSR count). The van der Waals surface area contributed by atoms with E-state index in [0.29, 0.717) is 18.6 Å². The first-order valence-corrected chi connectivity index (χ1v) is 5.57. The fraction of sp³-hybridized carbons (Fsp3) is 0.333. The fourth-order valence-corrected chi connectivity index (χ4v) is 2.24. The van der Waals surface area contributed by atoms with Gasteiger partial charge in [0.25, 0.3) is 0 Å². The second kappa shape index (κ2) is 4.22. The standard InChI is InChI=1S/C9H10FO3P/c10-8-3-1-2-7(6-8)9-4-5-12-14(11)13-9/h1-3,6,9,14H,4-5H2/t9-/m0/s1. The van der Waals surface area contributed by atoms with Crippen LogP contribution in [0.4, 0.5) is 4.39 Å². The maximum atomic E-state index is 12.9. The molecular weight excluding hydrogens is 206 g/mol. The van der Waals surface area contributed by atoms with E-state index in [2.05, 4.69) is 0 Å². The molecule has 0 aromatic heterocycles. The highest BCUT2D eigenvalue weighted by molar-refractivity contribution is 7.33. The molecule has 0 radical (unpaired) electrons. The number of rotatable bonds is 1. The van der Waals surface area contributed by atoms with Crippen LogP contribution in [-0.4, -0.2) is 6.61 Å². The van der Waals surface area contributed by atoms with Gasteiger partial charge in [-0.25, -0.2) is 4.39 Å². The highest BCUT2D eigenvalue weighted by atomic mass is 31.1. The van der Waals surface area contributed by atoms with Crippen LogP contribution in [0.3, 0.4) is 0 Å². The van der Waals surface area contributed by atoms with Crippen LogP contribution in [0.2, 0.25) is 0 Å². The monoisotopic (exact) mass is 216 g/mol. The molecule has 0 amide bonds. The minimum atomic E-state index is -2.37. The third-order valence-electron chi connectivity index (χ3n) is 2.06. The van der Waals surface area contributed by atoms with Crippen molar-refractivity contribution in [2.45, 2.75) is 12.5 Å². The van der Waals surface area contributed by atoms with Crippen molar-refractivity contribution in [1.82, 2.24) is 0 Å². The predicted molar refractivity (Wildman–Crippen MR) is 49.8 cm³/mol. The van der Waals surface area contributed by atoms with Crippen molar-refractivity contribution >= 4 is 8.25 Å². The molecular formula is C9H10FO3P. The van der Waals surface area contributed by atoms with Gasteiger partial charge in [0.2, 0.25) is 0 Å². The van der Waals surface area contributed by atoms with Crippen molar-refractivity contribution in [2.24, 2.45) is 0 Å². The third-order valence-corrected chi connectivity index (χ3v) is 2.98. The Balaban J connectivity index is 2.17. The molecule has 0 N–H and O–H groups in total. The zero-order valence-corrected chi connectivity index (χ0v) is 8.40. The van der Waals surface area contributed by atoms with Gasteiger partial charge in [0.15, 0.2) is 0 Å². The predicted octanol–water partition coefficient (Wildman–Crippen LogP) is 2.69. The summed E-state index contributed by atoms with van der Waals surface area (Å²) in [6, 6.07) is 6.13. The van der Waals surface area contributed by atoms with Crippen LogP contribution >= 0.6 is 8.25 Å². The lowest BCUT2D eigenvalue weighted by molar-refractivity contribution is 0.0966. The summed E-state index contributed by atoms with van der Waals surface area (Å²) >= 11 is 0. The lowest BCUT2D eigenvalue weighted by Crippen LogP contribution is -2.09. The van der Waals surface area contributed by atoms with Crippen LogP contribution in [0, 0.1) is 5.82 Å². The van der Waals surface area contributed by atoms with Crippen molar-refractivity contribution in [3.8, 4) is 0 Å². The van der Waals surface area contributed by atoms with Crippen molar-refractivity contribution < 1.29 is 18.0 Å². The zero-order chi connectivity index (χ0) is 9.97. The Morgan fingerprint density at radius 1 is 1.50 bits per heavy atom. The Labute approximate surface area is 81.8 Å². The minimum absolute atomic E-state index is 0.300. The molecule has 1 aromatic carbocycles. The molecule has 1 aliphatic rings. The Bertz CT molecular complexity index is 356. The third kappa shape index (κ3) is 2.21. The van der Waals surface area contributed by atoms with Crippen molar-refractivity contribution in [2.75, 3.05) is 6.61 Å². The van der Waals surface area contributed by atoms with Gasteiger partial charge < -0.3 is 9.05 Å². The molecule has 0 aliphatic carbocycles. The fourth-order valence-electron chi connectivity index (χ4n) is 1.40. The normalized spacial score (nSPS) is 27.5. The van der Waals surface area contributed by atoms with E-state index in [1.165, 1.54) is 12.1 Å². The van der Waals surface area contributed by atoms with Gasteiger partial charge in [-0.15, -0.1) is 0 Å². The summed E-state index contributed by atoms with van der Waals surface area (Å²) < 4.78 is 33.7. The van der Waals surface area contributed by atoms with E-state index in [1.54, 1.807) is 12.1 Å². The molecule has 1 aromatic rings. The first-order chi connectivity index (χ1) is 6.75. The van der Waals surface area contributed by atoms with E-state index in [4.69, 9.17) is 9.05 Å². The van der Waals surface area contributed by atoms with Crippen LogP contribution in [0.5, 0.6) is 0 Å². The Morgan fingerprint density at radius 3 is 3.07 bits per heavy atom. The van der Waals surface area contributed by atoms with Gasteiger partial charge in [0, 0.05) is 6.42 Å². The molecule has 1 unspecified atom stereocenters. The summed E-state index contributed by atoms with van der Waals surface area (Å²) in [5, 5.41) is 0. The van der Waals surface area contributed by atoms with Crippen LogP contribution in [0.1, 0.15) is 18.1 Å². The Kier molecular flexibility index (Phi) is 2.96.